The summed E-state index contributed by atoms with van der Waals surface area (Å²) in [6, 6.07) is 11.8. The second-order valence-electron chi connectivity index (χ2n) is 4.69. The molecule has 2 amide bonds. The Kier molecular flexibility index (Phi) is 5.40. The van der Waals surface area contributed by atoms with E-state index in [0.29, 0.717) is 17.1 Å². The Balaban J connectivity index is 1.90. The minimum atomic E-state index is -1.03. The van der Waals surface area contributed by atoms with Gasteiger partial charge in [0.2, 0.25) is 5.91 Å². The van der Waals surface area contributed by atoms with Gasteiger partial charge in [-0.25, -0.2) is 4.98 Å². The number of carboxylic acid groups (broad SMARTS) is 1. The lowest BCUT2D eigenvalue weighted by Crippen LogP contribution is -2.14. The van der Waals surface area contributed by atoms with E-state index in [0.717, 1.165) is 0 Å². The van der Waals surface area contributed by atoms with Crippen LogP contribution >= 0.6 is 0 Å². The van der Waals surface area contributed by atoms with E-state index in [2.05, 4.69) is 15.6 Å². The molecule has 0 spiro atoms. The lowest BCUT2D eigenvalue weighted by molar-refractivity contribution is -0.138. The molecule has 0 aliphatic carbocycles. The fourth-order valence-corrected chi connectivity index (χ4v) is 1.76. The van der Waals surface area contributed by atoms with Gasteiger partial charge in [-0.2, -0.15) is 0 Å². The maximum Gasteiger partial charge on any atom is 0.303 e. The quantitative estimate of drug-likeness (QED) is 0.757. The van der Waals surface area contributed by atoms with Gasteiger partial charge in [0.1, 0.15) is 5.82 Å². The molecule has 0 saturated carbocycles. The first kappa shape index (κ1) is 16.2. The van der Waals surface area contributed by atoms with E-state index < -0.39 is 11.9 Å². The molecular formula is C16H15N3O4. The molecular weight excluding hydrogens is 298 g/mol. The zero-order valence-corrected chi connectivity index (χ0v) is 12.2. The maximum atomic E-state index is 11.9. The Morgan fingerprint density at radius 3 is 2.30 bits per heavy atom. The molecule has 2 aromatic rings. The van der Waals surface area contributed by atoms with Crippen LogP contribution in [-0.4, -0.2) is 27.9 Å². The highest BCUT2D eigenvalue weighted by Gasteiger charge is 2.08. The Labute approximate surface area is 132 Å². The normalized spacial score (nSPS) is 9.91. The van der Waals surface area contributed by atoms with Crippen molar-refractivity contribution in [2.24, 2.45) is 0 Å². The van der Waals surface area contributed by atoms with Crippen molar-refractivity contribution in [3.8, 4) is 0 Å². The van der Waals surface area contributed by atoms with E-state index in [1.54, 1.807) is 36.4 Å². The Morgan fingerprint density at radius 1 is 0.957 bits per heavy atom. The molecule has 7 nitrogen and oxygen atoms in total. The highest BCUT2D eigenvalue weighted by Crippen LogP contribution is 2.11. The van der Waals surface area contributed by atoms with Gasteiger partial charge in [0.15, 0.2) is 0 Å². The van der Waals surface area contributed by atoms with E-state index >= 15 is 0 Å². The summed E-state index contributed by atoms with van der Waals surface area (Å²) in [5.74, 6) is -1.37. The third-order valence-electron chi connectivity index (χ3n) is 2.89. The summed E-state index contributed by atoms with van der Waals surface area (Å²) >= 11 is 0. The number of anilines is 2. The van der Waals surface area contributed by atoms with Crippen LogP contribution in [0.2, 0.25) is 0 Å². The minimum Gasteiger partial charge on any atom is -0.481 e. The van der Waals surface area contributed by atoms with Gasteiger partial charge in [-0.1, -0.05) is 18.2 Å². The van der Waals surface area contributed by atoms with Gasteiger partial charge in [-0.15, -0.1) is 0 Å². The lowest BCUT2D eigenvalue weighted by Gasteiger charge is -2.07. The van der Waals surface area contributed by atoms with Crippen molar-refractivity contribution in [2.75, 3.05) is 10.6 Å². The zero-order chi connectivity index (χ0) is 16.7. The molecule has 0 fully saturated rings. The molecule has 1 aromatic carbocycles. The van der Waals surface area contributed by atoms with Crippen LogP contribution < -0.4 is 10.6 Å². The van der Waals surface area contributed by atoms with E-state index in [1.807, 2.05) is 6.07 Å². The summed E-state index contributed by atoms with van der Waals surface area (Å²) in [4.78, 5) is 37.9. The Morgan fingerprint density at radius 2 is 1.70 bits per heavy atom. The summed E-state index contributed by atoms with van der Waals surface area (Å²) in [7, 11) is 0. The van der Waals surface area contributed by atoms with Crippen molar-refractivity contribution in [3.63, 3.8) is 0 Å². The van der Waals surface area contributed by atoms with Gasteiger partial charge in [-0.05, 0) is 24.3 Å². The highest BCUT2D eigenvalue weighted by atomic mass is 16.4. The molecule has 1 aromatic heterocycles. The van der Waals surface area contributed by atoms with Crippen molar-refractivity contribution < 1.29 is 19.5 Å². The van der Waals surface area contributed by atoms with Crippen LogP contribution in [0.3, 0.4) is 0 Å². The van der Waals surface area contributed by atoms with Crippen LogP contribution in [0, 0.1) is 0 Å². The second-order valence-corrected chi connectivity index (χ2v) is 4.69. The van der Waals surface area contributed by atoms with Gasteiger partial charge in [0, 0.05) is 12.0 Å². The molecule has 0 saturated heterocycles. The van der Waals surface area contributed by atoms with Crippen molar-refractivity contribution in [1.82, 2.24) is 4.98 Å². The number of nitrogens with one attached hydrogen (secondary N) is 2. The molecule has 0 radical (unpaired) electrons. The van der Waals surface area contributed by atoms with Crippen LogP contribution in [0.25, 0.3) is 0 Å². The van der Waals surface area contributed by atoms with Crippen LogP contribution in [0.1, 0.15) is 23.2 Å². The number of amides is 2. The fraction of sp³-hybridized carbons (Fsp3) is 0.125. The van der Waals surface area contributed by atoms with E-state index in [9.17, 15) is 14.4 Å². The molecule has 0 aliphatic rings. The third-order valence-corrected chi connectivity index (χ3v) is 2.89. The SMILES string of the molecule is O=C(O)CCC(=O)Nc1ccc(NC(=O)c2ccccc2)nc1. The predicted molar refractivity (Wildman–Crippen MR) is 84.1 cm³/mol. The number of aromatic nitrogens is 1. The molecule has 2 rings (SSSR count). The molecule has 1 heterocycles. The molecule has 23 heavy (non-hydrogen) atoms. The summed E-state index contributed by atoms with van der Waals surface area (Å²) in [5.41, 5.74) is 0.943. The molecule has 7 heteroatoms. The largest absolute Gasteiger partial charge is 0.481 e. The standard InChI is InChI=1S/C16H15N3O4/c20-14(8-9-15(21)22)18-12-6-7-13(17-10-12)19-16(23)11-4-2-1-3-5-11/h1-7,10H,8-9H2,(H,18,20)(H,21,22)(H,17,19,23). The van der Waals surface area contributed by atoms with Gasteiger partial charge < -0.3 is 15.7 Å². The summed E-state index contributed by atoms with van der Waals surface area (Å²) < 4.78 is 0. The van der Waals surface area contributed by atoms with Gasteiger partial charge in [0.25, 0.3) is 5.91 Å². The van der Waals surface area contributed by atoms with E-state index in [4.69, 9.17) is 5.11 Å². The monoisotopic (exact) mass is 313 g/mol. The zero-order valence-electron chi connectivity index (χ0n) is 12.2. The number of carbonyl (C=O) groups is 3. The number of benzene rings is 1. The highest BCUT2D eigenvalue weighted by molar-refractivity contribution is 6.03. The summed E-state index contributed by atoms with van der Waals surface area (Å²) in [5, 5.41) is 13.7. The number of carbonyl (C=O) groups excluding carboxylic acids is 2. The van der Waals surface area contributed by atoms with Crippen LogP contribution in [0.15, 0.2) is 48.7 Å². The lowest BCUT2D eigenvalue weighted by atomic mass is 10.2. The van der Waals surface area contributed by atoms with E-state index in [-0.39, 0.29) is 18.7 Å². The molecule has 0 unspecified atom stereocenters. The Bertz CT molecular complexity index is 699. The average molecular weight is 313 g/mol. The van der Waals surface area contributed by atoms with Gasteiger partial charge in [-0.3, -0.25) is 14.4 Å². The number of rotatable bonds is 6. The van der Waals surface area contributed by atoms with Crippen molar-refractivity contribution >= 4 is 29.3 Å². The number of carboxylic acids is 1. The topological polar surface area (TPSA) is 108 Å². The van der Waals surface area contributed by atoms with Crippen LogP contribution in [0.5, 0.6) is 0 Å². The van der Waals surface area contributed by atoms with Crippen molar-refractivity contribution in [2.45, 2.75) is 12.8 Å². The van der Waals surface area contributed by atoms with Gasteiger partial charge in [0.05, 0.1) is 18.3 Å². The number of aliphatic carboxylic acids is 1. The summed E-state index contributed by atoms with van der Waals surface area (Å²) in [6.45, 7) is 0. The van der Waals surface area contributed by atoms with Crippen LogP contribution in [0.4, 0.5) is 11.5 Å². The number of pyridine rings is 1. The minimum absolute atomic E-state index is 0.109. The first-order chi connectivity index (χ1) is 11.0. The Hall–Kier alpha value is -3.22. The second kappa shape index (κ2) is 7.69. The van der Waals surface area contributed by atoms with Crippen molar-refractivity contribution in [3.05, 3.63) is 54.2 Å². The smallest absolute Gasteiger partial charge is 0.303 e. The molecule has 3 N–H and O–H groups in total. The fourth-order valence-electron chi connectivity index (χ4n) is 1.76. The number of hydrogen-bond donors (Lipinski definition) is 3. The first-order valence-corrected chi connectivity index (χ1v) is 6.88. The summed E-state index contributed by atoms with van der Waals surface area (Å²) in [6.07, 6.45) is 1.05. The first-order valence-electron chi connectivity index (χ1n) is 6.88. The maximum absolute atomic E-state index is 11.9. The molecule has 0 bridgehead atoms. The van der Waals surface area contributed by atoms with Crippen molar-refractivity contribution in [1.29, 1.82) is 0 Å². The molecule has 118 valence electrons. The molecule has 0 aliphatic heterocycles. The van der Waals surface area contributed by atoms with Gasteiger partial charge >= 0.3 is 5.97 Å². The number of nitrogens with zero attached hydrogens (tertiary/aromatic N) is 1. The van der Waals surface area contributed by atoms with E-state index in [1.165, 1.54) is 6.20 Å². The average Bonchev–Trinajstić information content (AvgIpc) is 2.55. The molecule has 0 atom stereocenters. The number of hydrogen-bond acceptors (Lipinski definition) is 4. The van der Waals surface area contributed by atoms with Crippen LogP contribution in [-0.2, 0) is 9.59 Å². The predicted octanol–water partition coefficient (Wildman–Crippen LogP) is 2.14. The third kappa shape index (κ3) is 5.24.